The highest BCUT2D eigenvalue weighted by atomic mass is 16.4. The molecule has 0 aliphatic heterocycles. The fourth-order valence-corrected chi connectivity index (χ4v) is 8.64. The molecule has 1 aromatic heterocycles. The molecule has 0 radical (unpaired) electrons. The second-order valence-corrected chi connectivity index (χ2v) is 22.1. The van der Waals surface area contributed by atoms with Crippen molar-refractivity contribution in [2.45, 2.75) is 205 Å². The Morgan fingerprint density at radius 3 is 1.17 bits per heavy atom. The molecule has 486 valence electrons. The summed E-state index contributed by atoms with van der Waals surface area (Å²) in [6.07, 6.45) is 1.16. The molecule has 0 aliphatic rings. The van der Waals surface area contributed by atoms with E-state index in [9.17, 15) is 77.6 Å². The monoisotopic (exact) mass is 1220 g/mol. The highest BCUT2D eigenvalue weighted by Crippen LogP contribution is 2.14. The molecule has 0 unspecified atom stereocenters. The summed E-state index contributed by atoms with van der Waals surface area (Å²) in [5, 5.41) is 60.6. The van der Waals surface area contributed by atoms with E-state index in [1.807, 2.05) is 13.8 Å². The Balaban J connectivity index is 3.58. The van der Waals surface area contributed by atoms with Crippen molar-refractivity contribution >= 4 is 77.0 Å². The van der Waals surface area contributed by atoms with Gasteiger partial charge in [-0.2, -0.15) is 0 Å². The van der Waals surface area contributed by atoms with E-state index < -0.39 is 181 Å². The van der Waals surface area contributed by atoms with Crippen molar-refractivity contribution < 1.29 is 82.8 Å². The van der Waals surface area contributed by atoms with Crippen molar-refractivity contribution in [3.05, 3.63) is 18.2 Å². The van der Waals surface area contributed by atoms with Crippen molar-refractivity contribution in [1.29, 1.82) is 0 Å². The number of aromatic nitrogens is 2. The van der Waals surface area contributed by atoms with Gasteiger partial charge in [-0.3, -0.25) is 57.5 Å². The molecular formula is C54H93N15O17. The van der Waals surface area contributed by atoms with Gasteiger partial charge in [0.1, 0.15) is 54.4 Å². The molecule has 1 aromatic rings. The largest absolute Gasteiger partial charge is 0.481 e. The first kappa shape index (κ1) is 76.2. The maximum Gasteiger partial charge on any atom is 0.326 e. The number of aliphatic carboxylic acids is 4. The molecule has 1 heterocycles. The van der Waals surface area contributed by atoms with Gasteiger partial charge in [0.05, 0.1) is 18.8 Å². The summed E-state index contributed by atoms with van der Waals surface area (Å²) in [7, 11) is 0. The van der Waals surface area contributed by atoms with Crippen LogP contribution in [-0.4, -0.2) is 187 Å². The molecule has 0 bridgehead atoms. The van der Waals surface area contributed by atoms with Crippen LogP contribution in [0.5, 0.6) is 0 Å². The molecule has 9 amide bonds. The van der Waals surface area contributed by atoms with Crippen LogP contribution in [0.1, 0.15) is 144 Å². The number of unbranched alkanes of at least 4 members (excludes halogenated alkanes) is 3. The predicted octanol–water partition coefficient (Wildman–Crippen LogP) is -3.32. The van der Waals surface area contributed by atoms with Gasteiger partial charge >= 0.3 is 23.9 Å². The number of carbonyl (C=O) groups excluding carboxylic acids is 9. The van der Waals surface area contributed by atoms with Crippen LogP contribution in [0.4, 0.5) is 0 Å². The van der Waals surface area contributed by atoms with Crippen LogP contribution in [-0.2, 0) is 68.7 Å². The molecular weight excluding hydrogens is 1130 g/mol. The number of amides is 9. The highest BCUT2D eigenvalue weighted by Gasteiger charge is 2.37. The molecule has 1 rings (SSSR count). The lowest BCUT2D eigenvalue weighted by atomic mass is 9.98. The van der Waals surface area contributed by atoms with Crippen molar-refractivity contribution in [1.82, 2.24) is 57.8 Å². The molecule has 22 N–H and O–H groups in total. The van der Waals surface area contributed by atoms with Gasteiger partial charge < -0.3 is 96.2 Å². The molecule has 32 heteroatoms. The van der Waals surface area contributed by atoms with E-state index in [0.717, 1.165) is 0 Å². The highest BCUT2D eigenvalue weighted by molar-refractivity contribution is 5.99. The zero-order valence-electron chi connectivity index (χ0n) is 49.9. The second kappa shape index (κ2) is 40.5. The first-order chi connectivity index (χ1) is 40.4. The fraction of sp³-hybridized carbons (Fsp3) is 0.704. The van der Waals surface area contributed by atoms with Gasteiger partial charge in [-0.15, -0.1) is 0 Å². The number of H-pyrrole nitrogens is 1. The minimum absolute atomic E-state index is 0.0126. The Bertz CT molecular complexity index is 2390. The van der Waals surface area contributed by atoms with E-state index in [-0.39, 0.29) is 76.9 Å². The maximum atomic E-state index is 14.3. The molecule has 0 spiro atoms. The molecule has 0 fully saturated rings. The van der Waals surface area contributed by atoms with Crippen LogP contribution in [0.15, 0.2) is 12.5 Å². The van der Waals surface area contributed by atoms with E-state index in [2.05, 4.69) is 57.8 Å². The molecule has 0 saturated heterocycles. The Morgan fingerprint density at radius 1 is 0.442 bits per heavy atom. The smallest absolute Gasteiger partial charge is 0.326 e. The normalized spacial score (nSPS) is 14.8. The van der Waals surface area contributed by atoms with Crippen LogP contribution in [0.25, 0.3) is 0 Å². The zero-order chi connectivity index (χ0) is 65.2. The first-order valence-electron chi connectivity index (χ1n) is 28.9. The number of hydrogen-bond acceptors (Lipinski definition) is 18. The number of imidazole rings is 1. The molecule has 10 atom stereocenters. The average molecular weight is 1220 g/mol. The number of carbonyl (C=O) groups is 13. The summed E-state index contributed by atoms with van der Waals surface area (Å²) in [5.41, 5.74) is 23.4. The number of nitrogens with zero attached hydrogens (tertiary/aromatic N) is 1. The quantitative estimate of drug-likeness (QED) is 0.0284. The number of hydrogen-bond donors (Lipinski definition) is 18. The second-order valence-electron chi connectivity index (χ2n) is 22.1. The third-order valence-electron chi connectivity index (χ3n) is 13.5. The van der Waals surface area contributed by atoms with E-state index in [4.69, 9.17) is 28.0 Å². The van der Waals surface area contributed by atoms with Crippen molar-refractivity contribution in [3.8, 4) is 0 Å². The molecule has 0 aromatic carbocycles. The lowest BCUT2D eigenvalue weighted by Gasteiger charge is -2.30. The predicted molar refractivity (Wildman–Crippen MR) is 309 cm³/mol. The van der Waals surface area contributed by atoms with E-state index in [0.29, 0.717) is 25.0 Å². The number of nitrogens with one attached hydrogen (secondary N) is 10. The van der Waals surface area contributed by atoms with Gasteiger partial charge in [0.2, 0.25) is 53.2 Å². The van der Waals surface area contributed by atoms with Gasteiger partial charge in [0.15, 0.2) is 0 Å². The Kier molecular flexibility index (Phi) is 35.8. The lowest BCUT2D eigenvalue weighted by Crippen LogP contribution is -2.62. The first-order valence-corrected chi connectivity index (χ1v) is 28.9. The number of aromatic amines is 1. The Labute approximate surface area is 499 Å². The van der Waals surface area contributed by atoms with E-state index in [1.54, 1.807) is 27.7 Å². The van der Waals surface area contributed by atoms with Crippen molar-refractivity contribution in [2.75, 3.05) is 19.6 Å². The van der Waals surface area contributed by atoms with E-state index >= 15 is 0 Å². The van der Waals surface area contributed by atoms with Crippen LogP contribution >= 0.6 is 0 Å². The summed E-state index contributed by atoms with van der Waals surface area (Å²) in [6.45, 7) is 10.4. The van der Waals surface area contributed by atoms with Gasteiger partial charge in [-0.1, -0.05) is 41.5 Å². The molecule has 0 saturated carbocycles. The van der Waals surface area contributed by atoms with Gasteiger partial charge in [0, 0.05) is 31.2 Å². The summed E-state index contributed by atoms with van der Waals surface area (Å²) < 4.78 is 0. The fourth-order valence-electron chi connectivity index (χ4n) is 8.64. The summed E-state index contributed by atoms with van der Waals surface area (Å²) in [5.74, 6) is -15.6. The minimum Gasteiger partial charge on any atom is -0.481 e. The summed E-state index contributed by atoms with van der Waals surface area (Å²) in [6, 6.07) is -14.7. The Hall–Kier alpha value is -7.84. The summed E-state index contributed by atoms with van der Waals surface area (Å²) >= 11 is 0. The van der Waals surface area contributed by atoms with Gasteiger partial charge in [-0.25, -0.2) is 9.78 Å². The standard InChI is InChI=1S/C54H93N15O17/c1-28(2)23-32(58)45(76)66-39(25-42(74)75)51(82)63-35(15-9-12-22-57)49(80)68-44(30(5)6)53(84)69-43(29(3)4)52(83)64-36(16-18-40(70)71)48(79)61-34(14-8-11-21-56)47(78)67-38(24-31-26-59-27-60-31)50(81)62-33(13-7-10-20-55)46(77)65-37(54(85)86)17-19-41(72)73/h26-30,32-39,43-44H,7-25,55-58H2,1-6H3,(H,59,60)(H,61,79)(H,62,81)(H,63,82)(H,64,83)(H,65,77)(H,66,76)(H,67,78)(H,68,80)(H,69,84)(H,70,71)(H,72,73)(H,74,75)(H,85,86)/t32-,33-,34-,35-,36-,37-,38-,39-,43-,44-/m0/s1. The molecule has 32 nitrogen and oxygen atoms in total. The van der Waals surface area contributed by atoms with Crippen LogP contribution < -0.4 is 70.8 Å². The van der Waals surface area contributed by atoms with Crippen molar-refractivity contribution in [2.24, 2.45) is 40.7 Å². The maximum absolute atomic E-state index is 14.3. The summed E-state index contributed by atoms with van der Waals surface area (Å²) in [4.78, 5) is 179. The molecule has 0 aliphatic carbocycles. The van der Waals surface area contributed by atoms with E-state index in [1.165, 1.54) is 12.5 Å². The van der Waals surface area contributed by atoms with Crippen molar-refractivity contribution in [3.63, 3.8) is 0 Å². The van der Waals surface area contributed by atoms with Crippen LogP contribution in [0.2, 0.25) is 0 Å². The van der Waals surface area contributed by atoms with Crippen LogP contribution in [0, 0.1) is 17.8 Å². The van der Waals surface area contributed by atoms with Crippen LogP contribution in [0.3, 0.4) is 0 Å². The molecule has 86 heavy (non-hydrogen) atoms. The zero-order valence-corrected chi connectivity index (χ0v) is 49.9. The van der Waals surface area contributed by atoms with Gasteiger partial charge in [-0.05, 0) is 114 Å². The number of nitrogens with two attached hydrogens (primary N) is 4. The number of carboxylic acids is 4. The third kappa shape index (κ3) is 29.8. The average Bonchev–Trinajstić information content (AvgIpc) is 2.91. The minimum atomic E-state index is -1.68. The van der Waals surface area contributed by atoms with Gasteiger partial charge in [0.25, 0.3) is 0 Å². The topological polar surface area (TPSA) is 544 Å². The third-order valence-corrected chi connectivity index (χ3v) is 13.5. The SMILES string of the molecule is CC(C)C[C@H](N)C(=O)N[C@@H](CC(=O)O)C(=O)N[C@@H](CCCCN)C(=O)N[C@H](C(=O)N[C@H](C(=O)N[C@@H](CCC(=O)O)C(=O)N[C@@H](CCCCN)C(=O)N[C@@H](Cc1cnc[nH]1)C(=O)N[C@@H](CCCCN)C(=O)N[C@@H](CCC(=O)O)C(=O)O)C(C)C)C(C)C. The number of rotatable bonds is 45. The number of carboxylic acid groups (broad SMARTS) is 4. The Morgan fingerprint density at radius 2 is 0.791 bits per heavy atom. The lowest BCUT2D eigenvalue weighted by molar-refractivity contribution is -0.144.